The van der Waals surface area contributed by atoms with Crippen LogP contribution in [0, 0.1) is 18.3 Å². The lowest BCUT2D eigenvalue weighted by Crippen LogP contribution is -2.25. The second kappa shape index (κ2) is 9.97. The Balaban J connectivity index is 1.52. The predicted molar refractivity (Wildman–Crippen MR) is 128 cm³/mol. The molecule has 1 aliphatic carbocycles. The smallest absolute Gasteiger partial charge is 0.239 e. The van der Waals surface area contributed by atoms with Gasteiger partial charge in [0.1, 0.15) is 16.9 Å². The molecule has 3 aromatic rings. The molecular formula is C26H26N4OS. The summed E-state index contributed by atoms with van der Waals surface area (Å²) in [6.07, 6.45) is 5.12. The number of hydrogen-bond acceptors (Lipinski definition) is 5. The Hall–Kier alpha value is -3.17. The second-order valence-electron chi connectivity index (χ2n) is 8.13. The van der Waals surface area contributed by atoms with Crippen molar-refractivity contribution in [2.75, 3.05) is 5.32 Å². The van der Waals surface area contributed by atoms with Crippen LogP contribution in [0.4, 0.5) is 5.82 Å². The maximum Gasteiger partial charge on any atom is 0.239 e. The van der Waals surface area contributed by atoms with Crippen LogP contribution in [0.5, 0.6) is 0 Å². The number of aryl methyl sites for hydroxylation is 2. The maximum absolute atomic E-state index is 12.9. The molecule has 2 aromatic heterocycles. The van der Waals surface area contributed by atoms with Gasteiger partial charge in [-0.2, -0.15) is 5.26 Å². The van der Waals surface area contributed by atoms with E-state index in [9.17, 15) is 10.1 Å². The van der Waals surface area contributed by atoms with Gasteiger partial charge in [0.05, 0.1) is 10.8 Å². The van der Waals surface area contributed by atoms with E-state index in [1.54, 1.807) is 6.20 Å². The molecule has 1 aliphatic rings. The number of thioether (sulfide) groups is 1. The normalized spacial score (nSPS) is 16.0. The number of aromatic nitrogens is 2. The molecule has 32 heavy (non-hydrogen) atoms. The first kappa shape index (κ1) is 22.0. The number of fused-ring (bicyclic) bond motifs is 1. The predicted octanol–water partition coefficient (Wildman–Crippen LogP) is 5.44. The van der Waals surface area contributed by atoms with Crippen LogP contribution >= 0.6 is 11.8 Å². The maximum atomic E-state index is 12.9. The van der Waals surface area contributed by atoms with Gasteiger partial charge in [0.2, 0.25) is 5.91 Å². The van der Waals surface area contributed by atoms with Crippen LogP contribution in [0.2, 0.25) is 0 Å². The fourth-order valence-corrected chi connectivity index (χ4v) is 5.09. The van der Waals surface area contributed by atoms with Gasteiger partial charge in [0.25, 0.3) is 0 Å². The zero-order valence-corrected chi connectivity index (χ0v) is 19.2. The average Bonchev–Trinajstić information content (AvgIpc) is 2.82. The highest BCUT2D eigenvalue weighted by molar-refractivity contribution is 8.00. The third-order valence-electron chi connectivity index (χ3n) is 5.83. The highest BCUT2D eigenvalue weighted by atomic mass is 32.2. The van der Waals surface area contributed by atoms with E-state index in [1.165, 1.54) is 17.3 Å². The van der Waals surface area contributed by atoms with Crippen molar-refractivity contribution in [3.63, 3.8) is 0 Å². The third-order valence-corrected chi connectivity index (χ3v) is 7.19. The van der Waals surface area contributed by atoms with E-state index in [0.29, 0.717) is 28.7 Å². The molecule has 2 unspecified atom stereocenters. The average molecular weight is 443 g/mol. The molecule has 6 heteroatoms. The van der Waals surface area contributed by atoms with Crippen molar-refractivity contribution in [2.24, 2.45) is 0 Å². The summed E-state index contributed by atoms with van der Waals surface area (Å²) in [6, 6.07) is 18.5. The minimum absolute atomic E-state index is 0.122. The van der Waals surface area contributed by atoms with Crippen molar-refractivity contribution in [3.8, 4) is 6.07 Å². The first-order valence-electron chi connectivity index (χ1n) is 11.0. The van der Waals surface area contributed by atoms with E-state index >= 15 is 0 Å². The Morgan fingerprint density at radius 1 is 1.28 bits per heavy atom. The minimum Gasteiger partial charge on any atom is -0.310 e. The quantitative estimate of drug-likeness (QED) is 0.514. The highest BCUT2D eigenvalue weighted by Gasteiger charge is 2.26. The van der Waals surface area contributed by atoms with Crippen molar-refractivity contribution in [2.45, 2.75) is 55.7 Å². The lowest BCUT2D eigenvalue weighted by Gasteiger charge is -2.25. The van der Waals surface area contributed by atoms with Gasteiger partial charge in [-0.15, -0.1) is 0 Å². The second-order valence-corrected chi connectivity index (χ2v) is 9.32. The monoisotopic (exact) mass is 442 g/mol. The van der Waals surface area contributed by atoms with E-state index < -0.39 is 0 Å². The van der Waals surface area contributed by atoms with Crippen molar-refractivity contribution in [1.82, 2.24) is 9.97 Å². The van der Waals surface area contributed by atoms with Gasteiger partial charge in [-0.3, -0.25) is 4.79 Å². The van der Waals surface area contributed by atoms with E-state index in [1.807, 2.05) is 38.1 Å². The van der Waals surface area contributed by atoms with Crippen molar-refractivity contribution < 1.29 is 4.79 Å². The summed E-state index contributed by atoms with van der Waals surface area (Å²) in [5.74, 6) is 0.870. The number of nitrogens with zero attached hydrogens (tertiary/aromatic N) is 3. The SMILES string of the molecule is CCC(Sc1nc2c(cc1C#N)CC(c1ccccc1)CC2)C(=O)Nc1cc(C)ccn1. The van der Waals surface area contributed by atoms with Crippen LogP contribution in [-0.4, -0.2) is 21.1 Å². The summed E-state index contributed by atoms with van der Waals surface area (Å²) in [5.41, 5.74) is 5.11. The number of benzene rings is 1. The van der Waals surface area contributed by atoms with Crippen LogP contribution < -0.4 is 5.32 Å². The zero-order chi connectivity index (χ0) is 22.5. The number of hydrogen-bond donors (Lipinski definition) is 1. The van der Waals surface area contributed by atoms with Crippen LogP contribution in [0.3, 0.4) is 0 Å². The lowest BCUT2D eigenvalue weighted by atomic mass is 9.82. The molecule has 0 saturated heterocycles. The number of nitrogens with one attached hydrogen (secondary N) is 1. The number of carbonyl (C=O) groups excluding carboxylic acids is 1. The van der Waals surface area contributed by atoms with E-state index in [-0.39, 0.29) is 11.2 Å². The molecule has 1 amide bonds. The Morgan fingerprint density at radius 2 is 2.09 bits per heavy atom. The number of anilines is 1. The molecule has 0 bridgehead atoms. The first-order valence-corrected chi connectivity index (χ1v) is 11.8. The van der Waals surface area contributed by atoms with Gasteiger partial charge < -0.3 is 5.32 Å². The zero-order valence-electron chi connectivity index (χ0n) is 18.3. The van der Waals surface area contributed by atoms with Gasteiger partial charge >= 0.3 is 0 Å². The molecule has 4 rings (SSSR count). The van der Waals surface area contributed by atoms with Crippen molar-refractivity contribution >= 4 is 23.5 Å². The van der Waals surface area contributed by atoms with Crippen LogP contribution in [0.15, 0.2) is 59.8 Å². The van der Waals surface area contributed by atoms with Gasteiger partial charge in [-0.1, -0.05) is 49.0 Å². The molecule has 2 heterocycles. The van der Waals surface area contributed by atoms with E-state index in [0.717, 1.165) is 36.1 Å². The molecule has 1 N–H and O–H groups in total. The number of amides is 1. The van der Waals surface area contributed by atoms with Crippen molar-refractivity contribution in [3.05, 3.63) is 82.7 Å². The molecule has 0 radical (unpaired) electrons. The summed E-state index contributed by atoms with van der Waals surface area (Å²) in [5, 5.41) is 13.0. The number of rotatable bonds is 6. The number of pyridine rings is 2. The molecule has 0 spiro atoms. The fourth-order valence-electron chi connectivity index (χ4n) is 4.09. The Bertz CT molecular complexity index is 1160. The molecular weight excluding hydrogens is 416 g/mol. The minimum atomic E-state index is -0.351. The molecule has 2 atom stereocenters. The van der Waals surface area contributed by atoms with Crippen molar-refractivity contribution in [1.29, 1.82) is 5.26 Å². The van der Waals surface area contributed by atoms with E-state index in [4.69, 9.17) is 4.98 Å². The number of nitriles is 1. The molecule has 5 nitrogen and oxygen atoms in total. The Morgan fingerprint density at radius 3 is 2.81 bits per heavy atom. The molecule has 0 fully saturated rings. The van der Waals surface area contributed by atoms with E-state index in [2.05, 4.69) is 40.6 Å². The molecule has 0 aliphatic heterocycles. The van der Waals surface area contributed by atoms with Crippen LogP contribution in [0.25, 0.3) is 0 Å². The summed E-state index contributed by atoms with van der Waals surface area (Å²) in [6.45, 7) is 3.93. The summed E-state index contributed by atoms with van der Waals surface area (Å²) in [4.78, 5) is 21.9. The third kappa shape index (κ3) is 5.00. The standard InChI is InChI=1S/C26H26N4OS/c1-3-23(25(31)30-24-13-17(2)11-12-28-24)32-26-21(16-27)15-20-14-19(9-10-22(20)29-26)18-7-5-4-6-8-18/h4-8,11-13,15,19,23H,3,9-10,14H2,1-2H3,(H,28,30,31). The molecule has 0 saturated carbocycles. The van der Waals surface area contributed by atoms with Gasteiger partial charge in [-0.05, 0) is 73.4 Å². The van der Waals surface area contributed by atoms with Gasteiger partial charge in [0, 0.05) is 11.9 Å². The Labute approximate surface area is 193 Å². The first-order chi connectivity index (χ1) is 15.6. The summed E-state index contributed by atoms with van der Waals surface area (Å²) in [7, 11) is 0. The largest absolute Gasteiger partial charge is 0.310 e. The van der Waals surface area contributed by atoms with Crippen LogP contribution in [-0.2, 0) is 17.6 Å². The van der Waals surface area contributed by atoms with Crippen LogP contribution in [0.1, 0.15) is 53.6 Å². The van der Waals surface area contributed by atoms with Gasteiger partial charge in [0.15, 0.2) is 0 Å². The fraction of sp³-hybridized carbons (Fsp3) is 0.308. The topological polar surface area (TPSA) is 78.7 Å². The number of carbonyl (C=O) groups is 1. The Kier molecular flexibility index (Phi) is 6.87. The lowest BCUT2D eigenvalue weighted by molar-refractivity contribution is -0.115. The summed E-state index contributed by atoms with van der Waals surface area (Å²) >= 11 is 1.37. The molecule has 162 valence electrons. The van der Waals surface area contributed by atoms with Gasteiger partial charge in [-0.25, -0.2) is 9.97 Å². The molecule has 1 aromatic carbocycles. The highest BCUT2D eigenvalue weighted by Crippen LogP contribution is 2.35. The summed E-state index contributed by atoms with van der Waals surface area (Å²) < 4.78 is 0.